The summed E-state index contributed by atoms with van der Waals surface area (Å²) in [6.07, 6.45) is -1.80. The lowest BCUT2D eigenvalue weighted by Crippen LogP contribution is -2.44. The number of carbonyl (C=O) groups excluding carboxylic acids is 2. The fourth-order valence-corrected chi connectivity index (χ4v) is 3.75. The minimum atomic E-state index is -5.08. The molecule has 2 aliphatic heterocycles. The monoisotopic (exact) mass is 393 g/mol. The van der Waals surface area contributed by atoms with Crippen molar-refractivity contribution in [3.8, 4) is 0 Å². The van der Waals surface area contributed by atoms with E-state index in [1.807, 2.05) is 16.8 Å². The number of likely N-dealkylation sites (tertiary alicyclic amines) is 1. The Morgan fingerprint density at radius 3 is 2.19 bits per heavy atom. The van der Waals surface area contributed by atoms with Gasteiger partial charge in [0.05, 0.1) is 0 Å². The van der Waals surface area contributed by atoms with Crippen molar-refractivity contribution in [1.82, 2.24) is 14.7 Å². The van der Waals surface area contributed by atoms with Crippen LogP contribution in [0.15, 0.2) is 0 Å². The normalized spacial score (nSPS) is 26.6. The smallest absolute Gasteiger partial charge is 0.475 e. The van der Waals surface area contributed by atoms with Gasteiger partial charge in [-0.1, -0.05) is 0 Å². The standard InChI is InChI=1S/C15H25N3O2.C2HF3O2/c1-12(19)18-6-5-17(8-13-3-4-13)10-15(11-18)7-14(20)16(2)9-15;3-2(4,5)1(6)7/h13H,3-11H2,1-2H3;(H,6,7). The van der Waals surface area contributed by atoms with Crippen LogP contribution in [0.3, 0.4) is 0 Å². The predicted octanol–water partition coefficient (Wildman–Crippen LogP) is 1.04. The molecule has 154 valence electrons. The van der Waals surface area contributed by atoms with Crippen LogP contribution >= 0.6 is 0 Å². The van der Waals surface area contributed by atoms with Gasteiger partial charge in [0.1, 0.15) is 0 Å². The Morgan fingerprint density at radius 2 is 1.78 bits per heavy atom. The maximum atomic E-state index is 12.0. The lowest BCUT2D eigenvalue weighted by Gasteiger charge is -2.33. The highest BCUT2D eigenvalue weighted by Gasteiger charge is 2.46. The molecule has 0 aromatic heterocycles. The largest absolute Gasteiger partial charge is 0.490 e. The molecule has 1 spiro atoms. The number of halogens is 3. The molecule has 2 saturated heterocycles. The van der Waals surface area contributed by atoms with Gasteiger partial charge in [-0.2, -0.15) is 13.2 Å². The molecule has 1 saturated carbocycles. The number of carbonyl (C=O) groups is 3. The topological polar surface area (TPSA) is 81.2 Å². The van der Waals surface area contributed by atoms with Crippen molar-refractivity contribution in [2.24, 2.45) is 11.3 Å². The van der Waals surface area contributed by atoms with E-state index in [0.717, 1.165) is 45.2 Å². The number of nitrogens with zero attached hydrogens (tertiary/aromatic N) is 3. The van der Waals surface area contributed by atoms with Crippen LogP contribution in [-0.4, -0.2) is 90.1 Å². The first kappa shape index (κ1) is 21.5. The van der Waals surface area contributed by atoms with Crippen LogP contribution in [0.5, 0.6) is 0 Å². The van der Waals surface area contributed by atoms with Crippen LogP contribution in [0.4, 0.5) is 13.2 Å². The Bertz CT molecular complexity index is 594. The van der Waals surface area contributed by atoms with E-state index in [9.17, 15) is 22.8 Å². The lowest BCUT2D eigenvalue weighted by atomic mass is 9.86. The molecule has 10 heteroatoms. The van der Waals surface area contributed by atoms with Crippen molar-refractivity contribution in [1.29, 1.82) is 0 Å². The zero-order chi connectivity index (χ0) is 20.4. The number of hydrogen-bond donors (Lipinski definition) is 1. The molecule has 0 bridgehead atoms. The molecule has 2 amide bonds. The molecule has 1 atom stereocenters. The molecule has 1 unspecified atom stereocenters. The van der Waals surface area contributed by atoms with Gasteiger partial charge in [0.2, 0.25) is 11.8 Å². The molecule has 0 radical (unpaired) electrons. The molecule has 3 fully saturated rings. The van der Waals surface area contributed by atoms with Crippen LogP contribution in [0, 0.1) is 11.3 Å². The first-order valence-electron chi connectivity index (χ1n) is 8.94. The zero-order valence-electron chi connectivity index (χ0n) is 15.6. The molecule has 2 heterocycles. The van der Waals surface area contributed by atoms with Gasteiger partial charge in [-0.05, 0) is 18.8 Å². The van der Waals surface area contributed by atoms with E-state index in [1.165, 1.54) is 12.8 Å². The van der Waals surface area contributed by atoms with Crippen LogP contribution < -0.4 is 0 Å². The van der Waals surface area contributed by atoms with Crippen LogP contribution in [0.2, 0.25) is 0 Å². The summed E-state index contributed by atoms with van der Waals surface area (Å²) < 4.78 is 31.7. The van der Waals surface area contributed by atoms with E-state index >= 15 is 0 Å². The van der Waals surface area contributed by atoms with E-state index in [0.29, 0.717) is 6.42 Å². The minimum Gasteiger partial charge on any atom is -0.475 e. The third-order valence-electron chi connectivity index (χ3n) is 5.20. The third kappa shape index (κ3) is 6.08. The lowest BCUT2D eigenvalue weighted by molar-refractivity contribution is -0.192. The van der Waals surface area contributed by atoms with Gasteiger partial charge in [0.25, 0.3) is 0 Å². The fraction of sp³-hybridized carbons (Fsp3) is 0.824. The predicted molar refractivity (Wildman–Crippen MR) is 89.8 cm³/mol. The molecule has 3 aliphatic rings. The van der Waals surface area contributed by atoms with E-state index in [-0.39, 0.29) is 17.2 Å². The maximum absolute atomic E-state index is 12.0. The summed E-state index contributed by atoms with van der Waals surface area (Å²) in [6, 6.07) is 0. The number of aliphatic carboxylic acids is 1. The Balaban J connectivity index is 0.000000321. The second-order valence-corrected chi connectivity index (χ2v) is 7.85. The van der Waals surface area contributed by atoms with E-state index in [4.69, 9.17) is 9.90 Å². The molecular formula is C17H26F3N3O4. The first-order chi connectivity index (χ1) is 12.4. The number of hydrogen-bond acceptors (Lipinski definition) is 4. The molecule has 7 nitrogen and oxygen atoms in total. The van der Waals surface area contributed by atoms with Crippen molar-refractivity contribution in [2.45, 2.75) is 32.4 Å². The Labute approximate surface area is 156 Å². The van der Waals surface area contributed by atoms with Crippen molar-refractivity contribution in [2.75, 3.05) is 46.3 Å². The minimum absolute atomic E-state index is 0.0527. The van der Waals surface area contributed by atoms with Gasteiger partial charge >= 0.3 is 12.1 Å². The Hall–Kier alpha value is -1.84. The molecule has 0 aromatic rings. The van der Waals surface area contributed by atoms with Crippen molar-refractivity contribution < 1.29 is 32.7 Å². The van der Waals surface area contributed by atoms with Crippen LogP contribution in [0.1, 0.15) is 26.2 Å². The van der Waals surface area contributed by atoms with Crippen molar-refractivity contribution in [3.05, 3.63) is 0 Å². The number of carboxylic acid groups (broad SMARTS) is 1. The number of rotatable bonds is 2. The van der Waals surface area contributed by atoms with E-state index < -0.39 is 12.1 Å². The summed E-state index contributed by atoms with van der Waals surface area (Å²) in [4.78, 5) is 39.0. The molecule has 1 N–H and O–H groups in total. The molecule has 0 aromatic carbocycles. The SMILES string of the molecule is CC(=O)N1CCN(CC2CC2)CC2(CC(=O)N(C)C2)C1.O=C(O)C(F)(F)F. The first-order valence-corrected chi connectivity index (χ1v) is 8.94. The fourth-order valence-electron chi connectivity index (χ4n) is 3.75. The third-order valence-corrected chi connectivity index (χ3v) is 5.20. The van der Waals surface area contributed by atoms with Gasteiger partial charge in [-0.25, -0.2) is 4.79 Å². The summed E-state index contributed by atoms with van der Waals surface area (Å²) in [6.45, 7) is 7.04. The maximum Gasteiger partial charge on any atom is 0.490 e. The van der Waals surface area contributed by atoms with Gasteiger partial charge in [0.15, 0.2) is 0 Å². The molecule has 1 aliphatic carbocycles. The van der Waals surface area contributed by atoms with Gasteiger partial charge in [0, 0.05) is 65.1 Å². The molecule has 3 rings (SSSR count). The molecular weight excluding hydrogens is 367 g/mol. The summed E-state index contributed by atoms with van der Waals surface area (Å²) in [5, 5.41) is 7.12. The average molecular weight is 393 g/mol. The Kier molecular flexibility index (Phi) is 6.39. The van der Waals surface area contributed by atoms with Gasteiger partial charge in [-0.15, -0.1) is 0 Å². The number of amides is 2. The number of alkyl halides is 3. The average Bonchev–Trinajstić information content (AvgIpc) is 3.30. The van der Waals surface area contributed by atoms with E-state index in [2.05, 4.69) is 4.90 Å². The summed E-state index contributed by atoms with van der Waals surface area (Å²) in [7, 11) is 1.88. The quantitative estimate of drug-likeness (QED) is 0.758. The summed E-state index contributed by atoms with van der Waals surface area (Å²) >= 11 is 0. The Morgan fingerprint density at radius 1 is 1.19 bits per heavy atom. The van der Waals surface area contributed by atoms with Crippen molar-refractivity contribution >= 4 is 17.8 Å². The highest BCUT2D eigenvalue weighted by molar-refractivity contribution is 5.80. The van der Waals surface area contributed by atoms with Gasteiger partial charge < -0.3 is 19.8 Å². The highest BCUT2D eigenvalue weighted by atomic mass is 19.4. The second kappa shape index (κ2) is 8.04. The van der Waals surface area contributed by atoms with E-state index in [1.54, 1.807) is 6.92 Å². The van der Waals surface area contributed by atoms with Crippen LogP contribution in [-0.2, 0) is 14.4 Å². The van der Waals surface area contributed by atoms with Gasteiger partial charge in [-0.3, -0.25) is 9.59 Å². The highest BCUT2D eigenvalue weighted by Crippen LogP contribution is 2.36. The second-order valence-electron chi connectivity index (χ2n) is 7.85. The summed E-state index contributed by atoms with van der Waals surface area (Å²) in [5.41, 5.74) is -0.0527. The van der Waals surface area contributed by atoms with Crippen molar-refractivity contribution in [3.63, 3.8) is 0 Å². The number of carboxylic acids is 1. The summed E-state index contributed by atoms with van der Waals surface area (Å²) in [5.74, 6) is -1.54. The molecule has 27 heavy (non-hydrogen) atoms. The zero-order valence-corrected chi connectivity index (χ0v) is 15.6. The van der Waals surface area contributed by atoms with Crippen LogP contribution in [0.25, 0.3) is 0 Å².